The van der Waals surface area contributed by atoms with Gasteiger partial charge in [0, 0.05) is 53.7 Å². The molecule has 3 heterocycles. The lowest BCUT2D eigenvalue weighted by atomic mass is 9.80. The van der Waals surface area contributed by atoms with E-state index in [1.165, 1.54) is 5.52 Å². The second-order valence-electron chi connectivity index (χ2n) is 7.16. The molecule has 3 aromatic heterocycles. The number of methoxy groups -OCH3 is 1. The Morgan fingerprint density at radius 3 is 2.82 bits per heavy atom. The number of pyridine rings is 1. The van der Waals surface area contributed by atoms with Gasteiger partial charge in [0.05, 0.1) is 23.6 Å². The zero-order valence-corrected chi connectivity index (χ0v) is 18.8. The van der Waals surface area contributed by atoms with Gasteiger partial charge in [-0.3, -0.25) is 3.97 Å². The lowest BCUT2D eigenvalue weighted by Crippen LogP contribution is -2.22. The van der Waals surface area contributed by atoms with Crippen LogP contribution in [0.15, 0.2) is 30.6 Å². The molecule has 4 aromatic rings. The third-order valence-electron chi connectivity index (χ3n) is 5.07. The molecule has 0 aliphatic rings. The van der Waals surface area contributed by atoms with Gasteiger partial charge in [-0.05, 0) is 44.5 Å². The summed E-state index contributed by atoms with van der Waals surface area (Å²) in [5.41, 5.74) is 4.78. The summed E-state index contributed by atoms with van der Waals surface area (Å²) in [6.07, 6.45) is 3.63. The molecule has 0 spiro atoms. The third kappa shape index (κ3) is 2.84. The van der Waals surface area contributed by atoms with Crippen LogP contribution < -0.4 is 4.74 Å². The first-order valence-electron chi connectivity index (χ1n) is 8.65. The van der Waals surface area contributed by atoms with Gasteiger partial charge in [0.2, 0.25) is 0 Å². The number of halogens is 1. The number of H-pyrrole nitrogens is 1. The van der Waals surface area contributed by atoms with Gasteiger partial charge in [0.15, 0.2) is 5.65 Å². The van der Waals surface area contributed by atoms with Crippen molar-refractivity contribution in [1.29, 1.82) is 5.26 Å². The van der Waals surface area contributed by atoms with Gasteiger partial charge in [-0.2, -0.15) is 5.26 Å². The quantitative estimate of drug-likeness (QED) is 0.384. The van der Waals surface area contributed by atoms with Gasteiger partial charge >= 0.3 is 0 Å². The molecule has 4 rings (SSSR count). The van der Waals surface area contributed by atoms with E-state index in [0.29, 0.717) is 16.7 Å². The van der Waals surface area contributed by atoms with Crippen molar-refractivity contribution in [3.63, 3.8) is 0 Å². The molecule has 0 atom stereocenters. The average molecular weight is 503 g/mol. The maximum absolute atomic E-state index is 9.13. The zero-order chi connectivity index (χ0) is 20.1. The zero-order valence-electron chi connectivity index (χ0n) is 15.9. The molecule has 28 heavy (non-hydrogen) atoms. The van der Waals surface area contributed by atoms with Crippen LogP contribution in [0.5, 0.6) is 5.75 Å². The number of nitrogens with one attached hydrogen (secondary N) is 1. The topological polar surface area (TPSA) is 79.5 Å². The Morgan fingerprint density at radius 2 is 2.14 bits per heavy atom. The summed E-state index contributed by atoms with van der Waals surface area (Å²) in [5, 5.41) is 10.3. The van der Waals surface area contributed by atoms with Crippen molar-refractivity contribution in [2.45, 2.75) is 26.2 Å². The van der Waals surface area contributed by atoms with E-state index in [1.54, 1.807) is 28.5 Å². The maximum Gasteiger partial charge on any atom is 0.157 e. The van der Waals surface area contributed by atoms with Crippen molar-refractivity contribution in [1.82, 2.24) is 18.9 Å². The highest BCUT2D eigenvalue weighted by molar-refractivity contribution is 14.2. The van der Waals surface area contributed by atoms with Crippen molar-refractivity contribution in [3.8, 4) is 11.8 Å². The molecule has 0 bridgehead atoms. The Balaban J connectivity index is 1.99. The number of hydrogen-bond acceptors (Lipinski definition) is 5. The predicted octanol–water partition coefficient (Wildman–Crippen LogP) is 5.27. The summed E-state index contributed by atoms with van der Waals surface area (Å²) in [6, 6.07) is 8.08. The van der Waals surface area contributed by atoms with Gasteiger partial charge < -0.3 is 9.72 Å². The van der Waals surface area contributed by atoms with Crippen LogP contribution in [0, 0.1) is 18.3 Å². The van der Waals surface area contributed by atoms with Crippen molar-refractivity contribution < 1.29 is 4.74 Å². The lowest BCUT2D eigenvalue weighted by molar-refractivity contribution is 0.400. The number of hydrogen-bond donors (Lipinski definition) is 1. The van der Waals surface area contributed by atoms with E-state index in [2.05, 4.69) is 80.3 Å². The highest BCUT2D eigenvalue weighted by atomic mass is 127. The monoisotopic (exact) mass is 503 g/mol. The van der Waals surface area contributed by atoms with E-state index in [1.807, 2.05) is 0 Å². The predicted molar refractivity (Wildman–Crippen MR) is 121 cm³/mol. The van der Waals surface area contributed by atoms with Crippen molar-refractivity contribution in [3.05, 3.63) is 53.1 Å². The molecule has 1 aromatic carbocycles. The number of nitrogens with zero attached hydrogens (tertiary/aromatic N) is 4. The first-order valence-corrected chi connectivity index (χ1v) is 12.0. The fourth-order valence-electron chi connectivity index (χ4n) is 3.71. The Kier molecular flexibility index (Phi) is 4.75. The molecule has 0 saturated heterocycles. The number of fused-ring (bicyclic) bond motifs is 2. The van der Waals surface area contributed by atoms with Crippen LogP contribution in [0.2, 0.25) is 0 Å². The van der Waals surface area contributed by atoms with Crippen LogP contribution in [-0.2, 0) is 5.41 Å². The first-order chi connectivity index (χ1) is 13.4. The first kappa shape index (κ1) is 19.1. The fourth-order valence-corrected chi connectivity index (χ4v) is 5.11. The number of aromatic nitrogens is 4. The molecule has 6 nitrogen and oxygen atoms in total. The number of benzene rings is 1. The van der Waals surface area contributed by atoms with Gasteiger partial charge in [0.1, 0.15) is 23.2 Å². The number of ether oxygens (including phenoxy) is 1. The maximum atomic E-state index is 9.13. The Hall–Kier alpha value is -2.25. The largest absolute Gasteiger partial charge is 0.496 e. The molecule has 0 aliphatic heterocycles. The fraction of sp³-hybridized carbons (Fsp3) is 0.250. The van der Waals surface area contributed by atoms with Crippen molar-refractivity contribution in [2.75, 3.05) is 7.11 Å². The van der Waals surface area contributed by atoms with Crippen LogP contribution in [0.25, 0.3) is 22.1 Å². The number of aryl methyl sites for hydroxylation is 1. The summed E-state index contributed by atoms with van der Waals surface area (Å²) in [6.45, 7) is 6.34. The summed E-state index contributed by atoms with van der Waals surface area (Å²) in [7, 11) is 3.34. The van der Waals surface area contributed by atoms with Crippen LogP contribution >= 0.6 is 30.3 Å². The van der Waals surface area contributed by atoms with E-state index < -0.39 is 5.41 Å². The number of aromatic amines is 1. The van der Waals surface area contributed by atoms with E-state index >= 15 is 0 Å². The van der Waals surface area contributed by atoms with Gasteiger partial charge in [0.25, 0.3) is 0 Å². The van der Waals surface area contributed by atoms with Crippen LogP contribution in [-0.4, -0.2) is 26.0 Å². The Bertz CT molecular complexity index is 1250. The number of imidazole rings is 1. The van der Waals surface area contributed by atoms with E-state index in [0.717, 1.165) is 28.1 Å². The molecule has 0 amide bonds. The summed E-state index contributed by atoms with van der Waals surface area (Å²) >= 11 is 2.29. The van der Waals surface area contributed by atoms with E-state index in [9.17, 15) is 0 Å². The third-order valence-corrected chi connectivity index (χ3v) is 6.79. The van der Waals surface area contributed by atoms with Crippen molar-refractivity contribution in [2.24, 2.45) is 0 Å². The van der Waals surface area contributed by atoms with Crippen LogP contribution in [0.3, 0.4) is 0 Å². The molecule has 0 saturated carbocycles. The molecular formula is C20H18IN5OS. The normalized spacial score (nSPS) is 11.9. The Morgan fingerprint density at radius 1 is 1.36 bits per heavy atom. The van der Waals surface area contributed by atoms with E-state index in [-0.39, 0.29) is 0 Å². The number of rotatable bonds is 4. The van der Waals surface area contributed by atoms with Crippen molar-refractivity contribution >= 4 is 52.4 Å². The average Bonchev–Trinajstić information content (AvgIpc) is 3.31. The SMILES string of the molecule is COc1cc(C)c2c(ccn2SI)c1C(C)(C)c1nc2cc(C#N)cnc2[nH]1. The van der Waals surface area contributed by atoms with Gasteiger partial charge in [-0.25, -0.2) is 9.97 Å². The number of nitriles is 1. The smallest absolute Gasteiger partial charge is 0.157 e. The molecular weight excluding hydrogens is 485 g/mol. The highest BCUT2D eigenvalue weighted by Crippen LogP contribution is 2.43. The molecule has 8 heteroatoms. The summed E-state index contributed by atoms with van der Waals surface area (Å²) < 4.78 is 7.93. The molecule has 0 unspecified atom stereocenters. The minimum Gasteiger partial charge on any atom is -0.496 e. The minimum atomic E-state index is -0.465. The summed E-state index contributed by atoms with van der Waals surface area (Å²) in [5.74, 6) is 1.61. The molecule has 1 N–H and O–H groups in total. The van der Waals surface area contributed by atoms with Gasteiger partial charge in [-0.1, -0.05) is 0 Å². The van der Waals surface area contributed by atoms with Gasteiger partial charge in [-0.15, -0.1) is 0 Å². The van der Waals surface area contributed by atoms with Crippen LogP contribution in [0.1, 0.15) is 36.4 Å². The second-order valence-corrected chi connectivity index (χ2v) is 8.87. The molecule has 0 fully saturated rings. The highest BCUT2D eigenvalue weighted by Gasteiger charge is 2.33. The van der Waals surface area contributed by atoms with Crippen LogP contribution in [0.4, 0.5) is 0 Å². The standard InChI is InChI=1S/C20H18IN5OS/c1-11-7-15(27-4)16(13-5-6-26(28-21)17(11)13)20(2,3)19-24-14-8-12(9-22)10-23-18(14)25-19/h5-8,10H,1-4H3,(H,23,24,25). The Labute approximate surface area is 179 Å². The molecule has 142 valence electrons. The molecule has 0 aliphatic carbocycles. The summed E-state index contributed by atoms with van der Waals surface area (Å²) in [4.78, 5) is 12.4. The minimum absolute atomic E-state index is 0.465. The molecule has 0 radical (unpaired) electrons. The lowest BCUT2D eigenvalue weighted by Gasteiger charge is -2.26. The van der Waals surface area contributed by atoms with E-state index in [4.69, 9.17) is 15.0 Å². The second kappa shape index (κ2) is 6.97.